The highest BCUT2D eigenvalue weighted by Gasteiger charge is 2.18. The maximum atomic E-state index is 9.37. The zero-order valence-electron chi connectivity index (χ0n) is 11.4. The highest BCUT2D eigenvalue weighted by molar-refractivity contribution is 7.98. The predicted octanol–water partition coefficient (Wildman–Crippen LogP) is 2.89. The summed E-state index contributed by atoms with van der Waals surface area (Å²) in [5.74, 6) is 1.25. The van der Waals surface area contributed by atoms with Crippen LogP contribution in [0.5, 0.6) is 5.75 Å². The number of phenols is 1. The number of hydrogen-bond acceptors (Lipinski definition) is 5. The fourth-order valence-electron chi connectivity index (χ4n) is 2.29. The number of hydrogen-bond donors (Lipinski definition) is 1. The Balaban J connectivity index is 2.03. The van der Waals surface area contributed by atoms with E-state index in [-0.39, 0.29) is 5.75 Å². The van der Waals surface area contributed by atoms with Crippen molar-refractivity contribution in [2.45, 2.75) is 5.16 Å². The van der Waals surface area contributed by atoms with Gasteiger partial charge in [-0.1, -0.05) is 23.9 Å². The van der Waals surface area contributed by atoms with Gasteiger partial charge in [0.1, 0.15) is 11.6 Å². The van der Waals surface area contributed by atoms with Gasteiger partial charge in [0.05, 0.1) is 0 Å². The van der Waals surface area contributed by atoms with Crippen molar-refractivity contribution < 1.29 is 5.11 Å². The topological polar surface area (TPSA) is 49.2 Å². The average molecular weight is 285 g/mol. The number of aromatic hydroxyl groups is 1. The lowest BCUT2D eigenvalue weighted by molar-refractivity contribution is 0.475. The number of anilines is 1. The average Bonchev–Trinajstić information content (AvgIpc) is 2.47. The van der Waals surface area contributed by atoms with Crippen molar-refractivity contribution in [3.8, 4) is 5.75 Å². The Labute approximate surface area is 122 Å². The van der Waals surface area contributed by atoms with Crippen molar-refractivity contribution in [3.05, 3.63) is 41.6 Å². The van der Waals surface area contributed by atoms with Crippen LogP contribution in [0.1, 0.15) is 11.1 Å². The van der Waals surface area contributed by atoms with E-state index < -0.39 is 0 Å². The van der Waals surface area contributed by atoms with Crippen LogP contribution in [0.15, 0.2) is 35.6 Å². The molecule has 4 nitrogen and oxygen atoms in total. The van der Waals surface area contributed by atoms with Gasteiger partial charge in [0.25, 0.3) is 0 Å². The first kappa shape index (κ1) is 13.0. The minimum atomic E-state index is 0.284. The number of rotatable bonds is 2. The Kier molecular flexibility index (Phi) is 3.36. The number of thioether (sulfide) groups is 1. The van der Waals surface area contributed by atoms with Gasteiger partial charge in [0.15, 0.2) is 5.16 Å². The number of aromatic nitrogens is 2. The summed E-state index contributed by atoms with van der Waals surface area (Å²) < 4.78 is 0. The molecule has 3 rings (SSSR count). The molecule has 0 spiro atoms. The van der Waals surface area contributed by atoms with Crippen LogP contribution in [-0.4, -0.2) is 34.9 Å². The molecule has 102 valence electrons. The zero-order chi connectivity index (χ0) is 14.1. The molecule has 1 aromatic carbocycles. The third-order valence-electron chi connectivity index (χ3n) is 3.29. The number of phenolic OH excluding ortho intramolecular Hbond substituents is 1. The van der Waals surface area contributed by atoms with Crippen LogP contribution in [0.4, 0.5) is 5.82 Å². The molecule has 1 aromatic heterocycles. The van der Waals surface area contributed by atoms with Crippen LogP contribution in [0, 0.1) is 0 Å². The highest BCUT2D eigenvalue weighted by atomic mass is 32.2. The molecule has 0 bridgehead atoms. The summed E-state index contributed by atoms with van der Waals surface area (Å²) in [6.45, 7) is 0.794. The first-order chi connectivity index (χ1) is 9.67. The van der Waals surface area contributed by atoms with Gasteiger partial charge in [-0.2, -0.15) is 0 Å². The van der Waals surface area contributed by atoms with Gasteiger partial charge in [-0.05, 0) is 35.6 Å². The molecule has 5 heteroatoms. The van der Waals surface area contributed by atoms with E-state index in [9.17, 15) is 5.11 Å². The predicted molar refractivity (Wildman–Crippen MR) is 83.1 cm³/mol. The number of fused-ring (bicyclic) bond motifs is 1. The molecular weight excluding hydrogens is 270 g/mol. The normalized spacial score (nSPS) is 13.9. The second kappa shape index (κ2) is 5.17. The monoisotopic (exact) mass is 285 g/mol. The molecule has 2 heterocycles. The van der Waals surface area contributed by atoms with Crippen LogP contribution in [0.2, 0.25) is 0 Å². The first-order valence-electron chi connectivity index (χ1n) is 6.29. The van der Waals surface area contributed by atoms with Crippen LogP contribution >= 0.6 is 11.8 Å². The molecule has 20 heavy (non-hydrogen) atoms. The lowest BCUT2D eigenvalue weighted by atomic mass is 10.00. The summed E-state index contributed by atoms with van der Waals surface area (Å²) in [4.78, 5) is 11.0. The van der Waals surface area contributed by atoms with Crippen molar-refractivity contribution in [2.75, 3.05) is 24.7 Å². The van der Waals surface area contributed by atoms with Gasteiger partial charge in [0.2, 0.25) is 0 Å². The van der Waals surface area contributed by atoms with Crippen molar-refractivity contribution in [3.63, 3.8) is 0 Å². The molecule has 1 aliphatic heterocycles. The lowest BCUT2D eigenvalue weighted by Gasteiger charge is -2.26. The van der Waals surface area contributed by atoms with Crippen LogP contribution in [0.25, 0.3) is 11.6 Å². The number of likely N-dealkylation sites (N-methyl/N-ethyl adjacent to an activating group) is 1. The Hall–Kier alpha value is -2.01. The highest BCUT2D eigenvalue weighted by Crippen LogP contribution is 2.31. The van der Waals surface area contributed by atoms with Crippen molar-refractivity contribution in [1.29, 1.82) is 0 Å². The number of nitrogens with zero attached hydrogens (tertiary/aromatic N) is 3. The summed E-state index contributed by atoms with van der Waals surface area (Å²) in [5.41, 5.74) is 3.33. The molecule has 2 aromatic rings. The van der Waals surface area contributed by atoms with Gasteiger partial charge in [0, 0.05) is 25.4 Å². The minimum absolute atomic E-state index is 0.284. The summed E-state index contributed by atoms with van der Waals surface area (Å²) >= 11 is 1.55. The van der Waals surface area contributed by atoms with Gasteiger partial charge in [-0.25, -0.2) is 9.97 Å². The second-order valence-corrected chi connectivity index (χ2v) is 5.48. The Morgan fingerprint density at radius 1 is 1.25 bits per heavy atom. The fourth-order valence-corrected chi connectivity index (χ4v) is 2.62. The summed E-state index contributed by atoms with van der Waals surface area (Å²) in [5, 5.41) is 10.2. The maximum absolute atomic E-state index is 9.37. The molecule has 0 radical (unpaired) electrons. The molecule has 0 unspecified atom stereocenters. The summed E-state index contributed by atoms with van der Waals surface area (Å²) in [6, 6.07) is 7.27. The fraction of sp³-hybridized carbons (Fsp3) is 0.200. The quantitative estimate of drug-likeness (QED) is 0.679. The molecule has 0 amide bonds. The van der Waals surface area contributed by atoms with Crippen LogP contribution < -0.4 is 4.90 Å². The van der Waals surface area contributed by atoms with Crippen molar-refractivity contribution in [2.24, 2.45) is 0 Å². The van der Waals surface area contributed by atoms with E-state index in [4.69, 9.17) is 0 Å². The minimum Gasteiger partial charge on any atom is -0.508 e. The molecule has 1 aliphatic rings. The third kappa shape index (κ3) is 2.36. The molecular formula is C15H15N3OS. The zero-order valence-corrected chi connectivity index (χ0v) is 12.2. The number of benzene rings is 1. The smallest absolute Gasteiger partial charge is 0.189 e. The van der Waals surface area contributed by atoms with Crippen LogP contribution in [-0.2, 0) is 0 Å². The van der Waals surface area contributed by atoms with E-state index in [1.165, 1.54) is 5.57 Å². The van der Waals surface area contributed by atoms with Gasteiger partial charge in [-0.15, -0.1) is 0 Å². The molecule has 0 saturated heterocycles. The first-order valence-corrected chi connectivity index (χ1v) is 7.52. The summed E-state index contributed by atoms with van der Waals surface area (Å²) in [6.07, 6.45) is 5.96. The van der Waals surface area contributed by atoms with E-state index in [1.54, 1.807) is 23.9 Å². The van der Waals surface area contributed by atoms with E-state index in [0.717, 1.165) is 28.6 Å². The molecule has 0 saturated carbocycles. The van der Waals surface area contributed by atoms with E-state index in [2.05, 4.69) is 20.9 Å². The Morgan fingerprint density at radius 3 is 2.70 bits per heavy atom. The van der Waals surface area contributed by atoms with Crippen molar-refractivity contribution in [1.82, 2.24) is 9.97 Å². The summed E-state index contributed by atoms with van der Waals surface area (Å²) in [7, 11) is 2.03. The molecule has 0 fully saturated rings. The van der Waals surface area contributed by atoms with E-state index >= 15 is 0 Å². The Morgan fingerprint density at radius 2 is 2.00 bits per heavy atom. The SMILES string of the molecule is CSc1ncc2c(n1)N(C)CC(c1ccc(O)cc1)=C2. The maximum Gasteiger partial charge on any atom is 0.189 e. The van der Waals surface area contributed by atoms with Gasteiger partial charge >= 0.3 is 0 Å². The molecule has 0 atom stereocenters. The van der Waals surface area contributed by atoms with Gasteiger partial charge < -0.3 is 10.0 Å². The van der Waals surface area contributed by atoms with E-state index in [0.29, 0.717) is 0 Å². The lowest BCUT2D eigenvalue weighted by Crippen LogP contribution is -2.25. The van der Waals surface area contributed by atoms with Gasteiger partial charge in [-0.3, -0.25) is 0 Å². The van der Waals surface area contributed by atoms with Crippen molar-refractivity contribution >= 4 is 29.2 Å². The molecule has 1 N–H and O–H groups in total. The standard InChI is InChI=1S/C15H15N3OS/c1-18-9-12(10-3-5-13(19)6-4-10)7-11-8-16-15(20-2)17-14(11)18/h3-8,19H,9H2,1-2H3. The third-order valence-corrected chi connectivity index (χ3v) is 3.86. The van der Waals surface area contributed by atoms with Crippen LogP contribution in [0.3, 0.4) is 0 Å². The van der Waals surface area contributed by atoms with E-state index in [1.807, 2.05) is 31.6 Å². The second-order valence-electron chi connectivity index (χ2n) is 4.71. The largest absolute Gasteiger partial charge is 0.508 e. The Bertz CT molecular complexity index is 667. The molecule has 0 aliphatic carbocycles.